The number of amidine groups is 1. The standard InChI is InChI=1S/C28H36ClN3O3/c1-20(24-8-6-5-7-9-24)10-13-27(30-4)31-18-21(2)32(22(3)19-31)14-15-35-26-16-23(17-28(33)34)11-12-25(26)29/h6,8-13,16,21-22H,1,5,7,14-15,17-19H2,2-4H3,(H,33,34)/b13-10-,30-27+/t21-,22+. The van der Waals surface area contributed by atoms with Crippen LogP contribution in [0.1, 0.15) is 32.3 Å². The zero-order valence-corrected chi connectivity index (χ0v) is 21.7. The molecule has 0 spiro atoms. The van der Waals surface area contributed by atoms with E-state index in [1.54, 1.807) is 18.2 Å². The van der Waals surface area contributed by atoms with Crippen molar-refractivity contribution in [2.75, 3.05) is 33.3 Å². The van der Waals surface area contributed by atoms with E-state index in [0.717, 1.165) is 43.9 Å². The third-order valence-electron chi connectivity index (χ3n) is 6.41. The average Bonchev–Trinajstić information content (AvgIpc) is 2.83. The lowest BCUT2D eigenvalue weighted by Gasteiger charge is -2.45. The van der Waals surface area contributed by atoms with Gasteiger partial charge >= 0.3 is 5.97 Å². The van der Waals surface area contributed by atoms with Crippen molar-refractivity contribution in [3.63, 3.8) is 0 Å². The molecule has 0 bridgehead atoms. The minimum Gasteiger partial charge on any atom is -0.491 e. The predicted octanol–water partition coefficient (Wildman–Crippen LogP) is 5.16. The second kappa shape index (κ2) is 12.8. The number of rotatable bonds is 9. The average molecular weight is 498 g/mol. The third kappa shape index (κ3) is 7.58. The third-order valence-corrected chi connectivity index (χ3v) is 6.72. The molecule has 1 aromatic carbocycles. The van der Waals surface area contributed by atoms with E-state index in [4.69, 9.17) is 21.4 Å². The Morgan fingerprint density at radius 2 is 2.00 bits per heavy atom. The fourth-order valence-corrected chi connectivity index (χ4v) is 4.80. The maximum atomic E-state index is 11.0. The monoisotopic (exact) mass is 497 g/mol. The topological polar surface area (TPSA) is 65.4 Å². The number of allylic oxidation sites excluding steroid dienone is 6. The quantitative estimate of drug-likeness (QED) is 0.290. The molecule has 0 amide bonds. The normalized spacial score (nSPS) is 21.3. The van der Waals surface area contributed by atoms with E-state index in [1.807, 2.05) is 7.05 Å². The van der Waals surface area contributed by atoms with Crippen molar-refractivity contribution in [2.24, 2.45) is 4.99 Å². The number of carboxylic acids is 1. The Labute approximate surface area is 213 Å². The number of aliphatic carboxylic acids is 1. The smallest absolute Gasteiger partial charge is 0.307 e. The molecule has 1 N–H and O–H groups in total. The van der Waals surface area contributed by atoms with Gasteiger partial charge in [-0.2, -0.15) is 0 Å². The number of aliphatic imine (C=N–C) groups is 1. The van der Waals surface area contributed by atoms with Gasteiger partial charge in [-0.3, -0.25) is 14.7 Å². The molecule has 35 heavy (non-hydrogen) atoms. The van der Waals surface area contributed by atoms with Crippen LogP contribution in [0.3, 0.4) is 0 Å². The molecule has 0 radical (unpaired) electrons. The van der Waals surface area contributed by atoms with Crippen LogP contribution in [0.5, 0.6) is 5.75 Å². The van der Waals surface area contributed by atoms with Crippen LogP contribution in [0.15, 0.2) is 71.3 Å². The molecule has 7 heteroatoms. The van der Waals surface area contributed by atoms with Gasteiger partial charge in [-0.15, -0.1) is 0 Å². The molecule has 188 valence electrons. The van der Waals surface area contributed by atoms with Crippen molar-refractivity contribution in [3.8, 4) is 5.75 Å². The zero-order valence-electron chi connectivity index (χ0n) is 20.9. The van der Waals surface area contributed by atoms with E-state index in [-0.39, 0.29) is 6.42 Å². The summed E-state index contributed by atoms with van der Waals surface area (Å²) in [6.45, 7) is 11.6. The van der Waals surface area contributed by atoms with Crippen molar-refractivity contribution >= 4 is 23.4 Å². The van der Waals surface area contributed by atoms with E-state index in [1.165, 1.54) is 5.57 Å². The van der Waals surface area contributed by atoms with E-state index in [0.29, 0.717) is 35.0 Å². The molecule has 1 aromatic rings. The summed E-state index contributed by atoms with van der Waals surface area (Å²) >= 11 is 6.26. The Morgan fingerprint density at radius 1 is 1.26 bits per heavy atom. The summed E-state index contributed by atoms with van der Waals surface area (Å²) in [5, 5.41) is 9.51. The Kier molecular flexibility index (Phi) is 9.75. The summed E-state index contributed by atoms with van der Waals surface area (Å²) in [6, 6.07) is 5.74. The summed E-state index contributed by atoms with van der Waals surface area (Å²) in [7, 11) is 1.83. The van der Waals surface area contributed by atoms with Crippen LogP contribution < -0.4 is 4.74 Å². The van der Waals surface area contributed by atoms with Crippen LogP contribution in [0.2, 0.25) is 5.02 Å². The first-order chi connectivity index (χ1) is 16.8. The summed E-state index contributed by atoms with van der Waals surface area (Å²) in [4.78, 5) is 20.3. The molecule has 0 unspecified atom stereocenters. The molecule has 2 aliphatic rings. The van der Waals surface area contributed by atoms with Crippen molar-refractivity contribution in [1.29, 1.82) is 0 Å². The summed E-state index contributed by atoms with van der Waals surface area (Å²) in [6.07, 6.45) is 12.8. The highest BCUT2D eigenvalue weighted by atomic mass is 35.5. The van der Waals surface area contributed by atoms with Gasteiger partial charge in [-0.25, -0.2) is 0 Å². The van der Waals surface area contributed by atoms with E-state index >= 15 is 0 Å². The first-order valence-corrected chi connectivity index (χ1v) is 12.5. The molecule has 1 aliphatic carbocycles. The number of ether oxygens (including phenoxy) is 1. The van der Waals surface area contributed by atoms with Crippen LogP contribution in [0.4, 0.5) is 0 Å². The van der Waals surface area contributed by atoms with E-state index in [2.05, 4.69) is 65.6 Å². The molecule has 0 saturated carbocycles. The Bertz CT molecular complexity index is 1030. The first kappa shape index (κ1) is 26.8. The number of nitrogens with zero attached hydrogens (tertiary/aromatic N) is 3. The number of piperazine rings is 1. The van der Waals surface area contributed by atoms with Crippen molar-refractivity contribution < 1.29 is 14.6 Å². The number of hydrogen-bond acceptors (Lipinski definition) is 4. The molecule has 6 nitrogen and oxygen atoms in total. The lowest BCUT2D eigenvalue weighted by molar-refractivity contribution is -0.136. The van der Waals surface area contributed by atoms with Crippen LogP contribution in [-0.2, 0) is 11.2 Å². The molecule has 1 aliphatic heterocycles. The highest BCUT2D eigenvalue weighted by Crippen LogP contribution is 2.26. The highest BCUT2D eigenvalue weighted by Gasteiger charge is 2.30. The zero-order chi connectivity index (χ0) is 25.4. The van der Waals surface area contributed by atoms with Gasteiger partial charge in [0.05, 0.1) is 11.4 Å². The number of halogens is 1. The first-order valence-electron chi connectivity index (χ1n) is 12.1. The van der Waals surface area contributed by atoms with Crippen LogP contribution >= 0.6 is 11.6 Å². The molecule has 1 heterocycles. The molecule has 2 atom stereocenters. The van der Waals surface area contributed by atoms with Gasteiger partial charge in [0.1, 0.15) is 18.2 Å². The van der Waals surface area contributed by atoms with Crippen LogP contribution in [0, 0.1) is 0 Å². The van der Waals surface area contributed by atoms with Gasteiger partial charge in [0.2, 0.25) is 0 Å². The molecule has 1 fully saturated rings. The Balaban J connectivity index is 1.55. The van der Waals surface area contributed by atoms with Gasteiger partial charge in [0, 0.05) is 38.8 Å². The molecular weight excluding hydrogens is 462 g/mol. The number of carboxylic acid groups (broad SMARTS) is 1. The number of carbonyl (C=O) groups is 1. The van der Waals surface area contributed by atoms with E-state index < -0.39 is 5.97 Å². The largest absolute Gasteiger partial charge is 0.491 e. The van der Waals surface area contributed by atoms with Gasteiger partial charge in [0.15, 0.2) is 0 Å². The second-order valence-electron chi connectivity index (χ2n) is 9.10. The number of hydrogen-bond donors (Lipinski definition) is 1. The lowest BCUT2D eigenvalue weighted by Crippen LogP contribution is -2.58. The summed E-state index contributed by atoms with van der Waals surface area (Å²) < 4.78 is 5.94. The molecule has 3 rings (SSSR count). The number of benzene rings is 1. The van der Waals surface area contributed by atoms with Crippen molar-refractivity contribution in [2.45, 2.75) is 45.2 Å². The highest BCUT2D eigenvalue weighted by molar-refractivity contribution is 6.32. The minimum atomic E-state index is -0.879. The fraction of sp³-hybridized carbons (Fsp3) is 0.429. The molecular formula is C28H36ClN3O3. The molecule has 0 aromatic heterocycles. The maximum Gasteiger partial charge on any atom is 0.307 e. The van der Waals surface area contributed by atoms with Crippen molar-refractivity contribution in [3.05, 3.63) is 76.9 Å². The van der Waals surface area contributed by atoms with Gasteiger partial charge < -0.3 is 14.7 Å². The predicted molar refractivity (Wildman–Crippen MR) is 144 cm³/mol. The summed E-state index contributed by atoms with van der Waals surface area (Å²) in [5.41, 5.74) is 2.86. The van der Waals surface area contributed by atoms with Gasteiger partial charge in [-0.05, 0) is 61.6 Å². The lowest BCUT2D eigenvalue weighted by atomic mass is 10.0. The molecule has 1 saturated heterocycles. The fourth-order valence-electron chi connectivity index (χ4n) is 4.63. The van der Waals surface area contributed by atoms with E-state index in [9.17, 15) is 4.79 Å². The minimum absolute atomic E-state index is 0.0546. The Hall–Kier alpha value is -2.83. The Morgan fingerprint density at radius 3 is 2.63 bits per heavy atom. The second-order valence-corrected chi connectivity index (χ2v) is 9.51. The maximum absolute atomic E-state index is 11.0. The van der Waals surface area contributed by atoms with Gasteiger partial charge in [-0.1, -0.05) is 48.6 Å². The van der Waals surface area contributed by atoms with Crippen LogP contribution in [-0.4, -0.2) is 72.1 Å². The van der Waals surface area contributed by atoms with Gasteiger partial charge in [0.25, 0.3) is 0 Å². The summed E-state index contributed by atoms with van der Waals surface area (Å²) in [5.74, 6) is 0.608. The van der Waals surface area contributed by atoms with Crippen molar-refractivity contribution in [1.82, 2.24) is 9.80 Å². The SMILES string of the molecule is C=C(/C=C\C(=N/C)N1C[C@@H](C)N(CCOc2cc(CC(=O)O)ccc2Cl)[C@@H](C)C1)C1=CCCC=C1. The van der Waals surface area contributed by atoms with Crippen LogP contribution in [0.25, 0.3) is 0 Å².